The van der Waals surface area contributed by atoms with Crippen molar-refractivity contribution in [3.8, 4) is 0 Å². The van der Waals surface area contributed by atoms with Crippen LogP contribution in [0.5, 0.6) is 0 Å². The first-order valence-electron chi connectivity index (χ1n) is 12.3. The molecule has 11 nitrogen and oxygen atoms in total. The molecule has 0 bridgehead atoms. The summed E-state index contributed by atoms with van der Waals surface area (Å²) in [6.07, 6.45) is 0.738. The van der Waals surface area contributed by atoms with Gasteiger partial charge in [-0.2, -0.15) is 0 Å². The molecule has 2 unspecified atom stereocenters. The van der Waals surface area contributed by atoms with Crippen LogP contribution in [-0.2, 0) is 28.7 Å². The van der Waals surface area contributed by atoms with Crippen molar-refractivity contribution in [1.82, 2.24) is 15.5 Å². The van der Waals surface area contributed by atoms with Crippen LogP contribution in [-0.4, -0.2) is 66.0 Å². The second kappa shape index (κ2) is 12.6. The van der Waals surface area contributed by atoms with Crippen molar-refractivity contribution in [3.63, 3.8) is 0 Å². The van der Waals surface area contributed by atoms with Crippen LogP contribution in [0, 0.1) is 13.8 Å². The first kappa shape index (κ1) is 29.6. The number of methoxy groups -OCH3 is 1. The fourth-order valence-corrected chi connectivity index (χ4v) is 4.03. The summed E-state index contributed by atoms with van der Waals surface area (Å²) in [6.45, 7) is 8.34. The quantitative estimate of drug-likeness (QED) is 0.398. The Balaban J connectivity index is 2.54. The molecular formula is C26H38N4O7. The summed E-state index contributed by atoms with van der Waals surface area (Å²) < 4.78 is 9.92. The van der Waals surface area contributed by atoms with E-state index in [1.54, 1.807) is 32.9 Å². The largest absolute Gasteiger partial charge is 0.468 e. The van der Waals surface area contributed by atoms with Crippen LogP contribution in [0.2, 0.25) is 0 Å². The molecule has 2 atom stereocenters. The third-order valence-corrected chi connectivity index (χ3v) is 6.22. The van der Waals surface area contributed by atoms with Crippen molar-refractivity contribution in [2.75, 3.05) is 13.7 Å². The predicted molar refractivity (Wildman–Crippen MR) is 135 cm³/mol. The van der Waals surface area contributed by atoms with Gasteiger partial charge in [0.1, 0.15) is 24.2 Å². The van der Waals surface area contributed by atoms with Crippen LogP contribution in [0.3, 0.4) is 0 Å². The third kappa shape index (κ3) is 8.19. The number of rotatable bonds is 10. The van der Waals surface area contributed by atoms with E-state index < -0.39 is 53.9 Å². The van der Waals surface area contributed by atoms with Gasteiger partial charge in [-0.25, -0.2) is 4.79 Å². The number of hydrogen-bond acceptors (Lipinski definition) is 7. The zero-order valence-corrected chi connectivity index (χ0v) is 22.4. The lowest BCUT2D eigenvalue weighted by Gasteiger charge is -2.44. The minimum Gasteiger partial charge on any atom is -0.468 e. The Kier molecular flexibility index (Phi) is 10.0. The van der Waals surface area contributed by atoms with Crippen LogP contribution in [0.15, 0.2) is 18.2 Å². The van der Waals surface area contributed by atoms with Gasteiger partial charge in [-0.3, -0.25) is 19.2 Å². The van der Waals surface area contributed by atoms with E-state index in [1.807, 2.05) is 19.9 Å². The highest BCUT2D eigenvalue weighted by atomic mass is 16.6. The second-order valence-electron chi connectivity index (χ2n) is 10.2. The van der Waals surface area contributed by atoms with E-state index >= 15 is 0 Å². The summed E-state index contributed by atoms with van der Waals surface area (Å²) in [5.74, 6) is -2.68. The maximum atomic E-state index is 14.0. The fraction of sp³-hybridized carbons (Fsp3) is 0.577. The van der Waals surface area contributed by atoms with Crippen LogP contribution in [0.1, 0.15) is 69.2 Å². The van der Waals surface area contributed by atoms with Gasteiger partial charge in [-0.05, 0) is 70.6 Å². The molecule has 0 aliphatic heterocycles. The molecule has 4 amide bonds. The molecule has 0 heterocycles. The molecule has 1 aromatic carbocycles. The van der Waals surface area contributed by atoms with Gasteiger partial charge in [0.15, 0.2) is 0 Å². The zero-order valence-electron chi connectivity index (χ0n) is 22.4. The highest BCUT2D eigenvalue weighted by Gasteiger charge is 2.43. The average Bonchev–Trinajstić information content (AvgIpc) is 2.75. The topological polar surface area (TPSA) is 157 Å². The van der Waals surface area contributed by atoms with Crippen LogP contribution < -0.4 is 16.4 Å². The van der Waals surface area contributed by atoms with Crippen molar-refractivity contribution in [2.24, 2.45) is 5.73 Å². The molecule has 11 heteroatoms. The molecule has 0 radical (unpaired) electrons. The van der Waals surface area contributed by atoms with Gasteiger partial charge in [0.05, 0.1) is 13.5 Å². The molecule has 37 heavy (non-hydrogen) atoms. The molecule has 0 saturated heterocycles. The summed E-state index contributed by atoms with van der Waals surface area (Å²) in [6, 6.07) is 2.61. The van der Waals surface area contributed by atoms with Crippen LogP contribution in [0.25, 0.3) is 0 Å². The lowest BCUT2D eigenvalue weighted by molar-refractivity contribution is -0.149. The van der Waals surface area contributed by atoms with E-state index in [-0.39, 0.29) is 12.6 Å². The normalized spacial score (nSPS) is 15.0. The molecule has 1 aromatic rings. The lowest BCUT2D eigenvalue weighted by atomic mass is 9.86. The number of nitrogens with one attached hydrogen (secondary N) is 2. The Labute approximate surface area is 217 Å². The van der Waals surface area contributed by atoms with E-state index in [2.05, 4.69) is 15.4 Å². The van der Waals surface area contributed by atoms with E-state index in [0.717, 1.165) is 17.5 Å². The third-order valence-electron chi connectivity index (χ3n) is 6.22. The molecule has 0 aromatic heterocycles. The van der Waals surface area contributed by atoms with Crippen molar-refractivity contribution in [2.45, 2.75) is 84.0 Å². The molecule has 0 spiro atoms. The van der Waals surface area contributed by atoms with Gasteiger partial charge in [0.25, 0.3) is 0 Å². The number of alkyl carbamates (subject to hydrolysis) is 1. The standard InChI is InChI=1S/C26H38N4O7/c1-15-9-7-12-18(16(15)2)22(23(33)28-14-21(32)36-6)30(17-10-8-11-17)24(34)19(13-20(27)31)29-25(35)37-26(3,4)5/h7,9,12,17,19,22H,8,10-11,13-14H2,1-6H3,(H2,27,31)(H,28,33)(H,29,35). The average molecular weight is 519 g/mol. The Morgan fingerprint density at radius 1 is 1.14 bits per heavy atom. The van der Waals surface area contributed by atoms with Crippen molar-refractivity contribution < 1.29 is 33.4 Å². The number of hydrogen-bond donors (Lipinski definition) is 3. The number of carbonyl (C=O) groups excluding carboxylic acids is 5. The fourth-order valence-electron chi connectivity index (χ4n) is 4.03. The van der Waals surface area contributed by atoms with Gasteiger partial charge in [0, 0.05) is 6.04 Å². The Morgan fingerprint density at radius 2 is 1.78 bits per heavy atom. The summed E-state index contributed by atoms with van der Waals surface area (Å²) in [4.78, 5) is 65.1. The predicted octanol–water partition coefficient (Wildman–Crippen LogP) is 1.78. The number of esters is 1. The molecule has 1 aliphatic carbocycles. The van der Waals surface area contributed by atoms with Gasteiger partial charge < -0.3 is 30.7 Å². The van der Waals surface area contributed by atoms with E-state index in [4.69, 9.17) is 10.5 Å². The van der Waals surface area contributed by atoms with E-state index in [0.29, 0.717) is 18.4 Å². The number of aryl methyl sites for hydroxylation is 1. The van der Waals surface area contributed by atoms with Gasteiger partial charge in [-0.15, -0.1) is 0 Å². The van der Waals surface area contributed by atoms with Crippen molar-refractivity contribution in [3.05, 3.63) is 34.9 Å². The van der Waals surface area contributed by atoms with Gasteiger partial charge in [0.2, 0.25) is 17.7 Å². The van der Waals surface area contributed by atoms with E-state index in [1.165, 1.54) is 12.0 Å². The molecule has 1 aliphatic rings. The number of amides is 4. The number of nitrogens with two attached hydrogens (primary N) is 1. The first-order valence-corrected chi connectivity index (χ1v) is 12.3. The summed E-state index contributed by atoms with van der Waals surface area (Å²) in [7, 11) is 1.21. The van der Waals surface area contributed by atoms with Crippen molar-refractivity contribution >= 4 is 29.8 Å². The maximum Gasteiger partial charge on any atom is 0.408 e. The maximum absolute atomic E-state index is 14.0. The highest BCUT2D eigenvalue weighted by molar-refractivity contribution is 5.95. The minimum absolute atomic E-state index is 0.322. The second-order valence-corrected chi connectivity index (χ2v) is 10.2. The highest BCUT2D eigenvalue weighted by Crippen LogP contribution is 2.35. The number of nitrogens with zero attached hydrogens (tertiary/aromatic N) is 1. The number of primary amides is 1. The van der Waals surface area contributed by atoms with Gasteiger partial charge in [-0.1, -0.05) is 18.2 Å². The van der Waals surface area contributed by atoms with Crippen molar-refractivity contribution in [1.29, 1.82) is 0 Å². The zero-order chi connectivity index (χ0) is 27.9. The summed E-state index contributed by atoms with van der Waals surface area (Å²) >= 11 is 0. The number of ether oxygens (including phenoxy) is 2. The smallest absolute Gasteiger partial charge is 0.408 e. The number of carbonyl (C=O) groups is 5. The SMILES string of the molecule is COC(=O)CNC(=O)C(c1cccc(C)c1C)N(C(=O)C(CC(N)=O)NC(=O)OC(C)(C)C)C1CCC1. The minimum atomic E-state index is -1.35. The van der Waals surface area contributed by atoms with Gasteiger partial charge >= 0.3 is 12.1 Å². The molecule has 204 valence electrons. The van der Waals surface area contributed by atoms with E-state index in [9.17, 15) is 24.0 Å². The monoisotopic (exact) mass is 518 g/mol. The van der Waals surface area contributed by atoms with Crippen LogP contribution in [0.4, 0.5) is 4.79 Å². The Morgan fingerprint density at radius 3 is 2.30 bits per heavy atom. The number of benzene rings is 1. The Bertz CT molecular complexity index is 1030. The molecule has 4 N–H and O–H groups in total. The molecular weight excluding hydrogens is 480 g/mol. The Hall–Kier alpha value is -3.63. The molecule has 2 rings (SSSR count). The lowest BCUT2D eigenvalue weighted by Crippen LogP contribution is -2.58. The molecule has 1 saturated carbocycles. The van der Waals surface area contributed by atoms with Crippen LogP contribution >= 0.6 is 0 Å². The summed E-state index contributed by atoms with van der Waals surface area (Å²) in [5, 5.41) is 5.02. The summed E-state index contributed by atoms with van der Waals surface area (Å²) in [5.41, 5.74) is 6.84. The molecule has 1 fully saturated rings. The first-order chi connectivity index (χ1) is 17.2.